The molecule has 0 bridgehead atoms. The molecule has 9 nitrogen and oxygen atoms in total. The summed E-state index contributed by atoms with van der Waals surface area (Å²) in [5.74, 6) is 0.556. The lowest BCUT2D eigenvalue weighted by Crippen LogP contribution is -2.26. The van der Waals surface area contributed by atoms with Crippen LogP contribution in [0.1, 0.15) is 11.1 Å². The van der Waals surface area contributed by atoms with Crippen molar-refractivity contribution in [3.8, 4) is 28.7 Å². The van der Waals surface area contributed by atoms with Crippen molar-refractivity contribution in [2.24, 2.45) is 0 Å². The van der Waals surface area contributed by atoms with Crippen LogP contribution in [0.4, 0.5) is 0 Å². The average Bonchev–Trinajstić information content (AvgIpc) is 2.87. The zero-order valence-electron chi connectivity index (χ0n) is 20.0. The zero-order valence-corrected chi connectivity index (χ0v) is 21.6. The number of nitrogens with zero attached hydrogens (tertiary/aromatic N) is 1. The molecule has 3 rings (SSSR count). The Morgan fingerprint density at radius 2 is 1.67 bits per heavy atom. The van der Waals surface area contributed by atoms with E-state index < -0.39 is 19.9 Å². The highest BCUT2D eigenvalue weighted by Gasteiger charge is 2.21. The molecule has 0 atom stereocenters. The lowest BCUT2D eigenvalue weighted by atomic mass is 10.0. The van der Waals surface area contributed by atoms with Crippen LogP contribution in [0.3, 0.4) is 0 Å². The maximum absolute atomic E-state index is 12.9. The summed E-state index contributed by atoms with van der Waals surface area (Å²) < 4.78 is 68.7. The second-order valence-electron chi connectivity index (χ2n) is 7.77. The summed E-state index contributed by atoms with van der Waals surface area (Å²) in [6.07, 6.45) is 1.42. The van der Waals surface area contributed by atoms with Crippen molar-refractivity contribution in [2.45, 2.75) is 16.2 Å². The van der Waals surface area contributed by atoms with E-state index in [-0.39, 0.29) is 40.9 Å². The smallest absolute Gasteiger partial charge is 0.244 e. The van der Waals surface area contributed by atoms with Gasteiger partial charge in [0, 0.05) is 25.5 Å². The molecular weight excluding hydrogens is 504 g/mol. The first kappa shape index (κ1) is 27.2. The van der Waals surface area contributed by atoms with E-state index in [1.54, 1.807) is 42.5 Å². The topological polar surface area (TPSA) is 132 Å². The number of sulfone groups is 1. The molecule has 3 aromatic rings. The molecule has 3 aromatic carbocycles. The predicted molar refractivity (Wildman–Crippen MR) is 134 cm³/mol. The van der Waals surface area contributed by atoms with Crippen LogP contribution in [0.2, 0.25) is 0 Å². The molecule has 190 valence electrons. The minimum atomic E-state index is -3.97. The Morgan fingerprint density at radius 1 is 0.917 bits per heavy atom. The molecule has 0 aliphatic rings. The highest BCUT2D eigenvalue weighted by Crippen LogP contribution is 2.32. The monoisotopic (exact) mass is 530 g/mol. The molecule has 0 spiro atoms. The summed E-state index contributed by atoms with van der Waals surface area (Å²) in [5.41, 5.74) is 2.04. The van der Waals surface area contributed by atoms with Crippen molar-refractivity contribution >= 4 is 19.9 Å². The fourth-order valence-corrected chi connectivity index (χ4v) is 5.70. The van der Waals surface area contributed by atoms with Gasteiger partial charge in [-0.05, 0) is 47.9 Å². The van der Waals surface area contributed by atoms with Gasteiger partial charge in [-0.1, -0.05) is 30.3 Å². The van der Waals surface area contributed by atoms with Crippen molar-refractivity contribution in [3.05, 3.63) is 71.8 Å². The van der Waals surface area contributed by atoms with Crippen LogP contribution in [0, 0.1) is 11.3 Å². The molecule has 0 heterocycles. The van der Waals surface area contributed by atoms with Gasteiger partial charge in [0.1, 0.15) is 16.4 Å². The zero-order chi connectivity index (χ0) is 26.3. The van der Waals surface area contributed by atoms with E-state index in [9.17, 15) is 16.8 Å². The van der Waals surface area contributed by atoms with Crippen LogP contribution in [-0.4, -0.2) is 50.6 Å². The van der Waals surface area contributed by atoms with E-state index in [1.165, 1.54) is 32.4 Å². The van der Waals surface area contributed by atoms with Gasteiger partial charge in [-0.2, -0.15) is 5.26 Å². The van der Waals surface area contributed by atoms with Crippen molar-refractivity contribution in [3.63, 3.8) is 0 Å². The number of hydrogen-bond acceptors (Lipinski definition) is 8. The molecule has 0 amide bonds. The maximum Gasteiger partial charge on any atom is 0.244 e. The summed E-state index contributed by atoms with van der Waals surface area (Å²) >= 11 is 0. The van der Waals surface area contributed by atoms with Gasteiger partial charge in [0.05, 0.1) is 23.6 Å². The van der Waals surface area contributed by atoms with Crippen molar-refractivity contribution in [1.29, 1.82) is 5.26 Å². The van der Waals surface area contributed by atoms with Gasteiger partial charge in [0.25, 0.3) is 0 Å². The number of nitrogens with one attached hydrogen (secondary N) is 1. The number of methoxy groups -OCH3 is 2. The Bertz CT molecular complexity index is 1500. The van der Waals surface area contributed by atoms with E-state index in [0.717, 1.165) is 6.26 Å². The minimum absolute atomic E-state index is 0.0326. The second kappa shape index (κ2) is 11.5. The molecule has 0 aliphatic carbocycles. The molecule has 0 fully saturated rings. The van der Waals surface area contributed by atoms with Crippen LogP contribution in [0.15, 0.2) is 70.5 Å². The SMILES string of the molecule is COCOc1cc(-c2ccccc2S(C)(=O)=O)ccc1CCNS(=O)(=O)c1cc(C#N)ccc1OC. The van der Waals surface area contributed by atoms with Gasteiger partial charge < -0.3 is 14.2 Å². The molecule has 0 saturated heterocycles. The van der Waals surface area contributed by atoms with Gasteiger partial charge in [0.15, 0.2) is 16.6 Å². The van der Waals surface area contributed by atoms with Crippen LogP contribution in [0.25, 0.3) is 11.1 Å². The number of nitriles is 1. The van der Waals surface area contributed by atoms with E-state index >= 15 is 0 Å². The first-order valence-corrected chi connectivity index (χ1v) is 14.1. The maximum atomic E-state index is 12.9. The fourth-order valence-electron chi connectivity index (χ4n) is 3.57. The molecule has 0 aromatic heterocycles. The van der Waals surface area contributed by atoms with Crippen LogP contribution in [-0.2, 0) is 31.0 Å². The lowest BCUT2D eigenvalue weighted by molar-refractivity contribution is 0.0505. The molecule has 11 heteroatoms. The van der Waals surface area contributed by atoms with Crippen LogP contribution < -0.4 is 14.2 Å². The highest BCUT2D eigenvalue weighted by molar-refractivity contribution is 7.91. The first-order valence-electron chi connectivity index (χ1n) is 10.7. The molecule has 0 unspecified atom stereocenters. The molecule has 0 radical (unpaired) electrons. The Labute approximate surface area is 211 Å². The number of hydrogen-bond donors (Lipinski definition) is 1. The van der Waals surface area contributed by atoms with E-state index in [0.29, 0.717) is 22.4 Å². The summed E-state index contributed by atoms with van der Waals surface area (Å²) in [6.45, 7) is -0.0149. The largest absolute Gasteiger partial charge is 0.495 e. The minimum Gasteiger partial charge on any atom is -0.495 e. The average molecular weight is 531 g/mol. The summed E-state index contributed by atoms with van der Waals surface area (Å²) in [5, 5.41) is 9.12. The van der Waals surface area contributed by atoms with Gasteiger partial charge in [-0.3, -0.25) is 0 Å². The van der Waals surface area contributed by atoms with E-state index in [1.807, 2.05) is 6.07 Å². The number of benzene rings is 3. The molecule has 1 N–H and O–H groups in total. The summed E-state index contributed by atoms with van der Waals surface area (Å²) in [6, 6.07) is 17.9. The predicted octanol–water partition coefficient (Wildman–Crippen LogP) is 3.14. The Morgan fingerprint density at radius 3 is 2.33 bits per heavy atom. The lowest BCUT2D eigenvalue weighted by Gasteiger charge is -2.15. The van der Waals surface area contributed by atoms with Gasteiger partial charge in [-0.15, -0.1) is 0 Å². The summed E-state index contributed by atoms with van der Waals surface area (Å²) in [4.78, 5) is 0.0596. The Hall–Kier alpha value is -3.43. The fraction of sp³-hybridized carbons (Fsp3) is 0.240. The van der Waals surface area contributed by atoms with Gasteiger partial charge in [-0.25, -0.2) is 21.6 Å². The van der Waals surface area contributed by atoms with Crippen molar-refractivity contribution < 1.29 is 31.0 Å². The third kappa shape index (κ3) is 6.41. The Balaban J connectivity index is 1.87. The Kier molecular flexibility index (Phi) is 8.70. The molecule has 36 heavy (non-hydrogen) atoms. The third-order valence-corrected chi connectivity index (χ3v) is 7.90. The molecule has 0 aliphatic heterocycles. The van der Waals surface area contributed by atoms with Crippen LogP contribution >= 0.6 is 0 Å². The molecule has 0 saturated carbocycles. The van der Waals surface area contributed by atoms with Crippen molar-refractivity contribution in [1.82, 2.24) is 4.72 Å². The molecular formula is C25H26N2O7S2. The highest BCUT2D eigenvalue weighted by atomic mass is 32.2. The van der Waals surface area contributed by atoms with Gasteiger partial charge in [0.2, 0.25) is 10.0 Å². The van der Waals surface area contributed by atoms with E-state index in [2.05, 4.69) is 4.72 Å². The second-order valence-corrected chi connectivity index (χ2v) is 11.5. The normalized spacial score (nSPS) is 11.6. The number of ether oxygens (including phenoxy) is 3. The van der Waals surface area contributed by atoms with Crippen LogP contribution in [0.5, 0.6) is 11.5 Å². The van der Waals surface area contributed by atoms with Crippen molar-refractivity contribution in [2.75, 3.05) is 33.8 Å². The van der Waals surface area contributed by atoms with E-state index in [4.69, 9.17) is 19.5 Å². The first-order chi connectivity index (χ1) is 17.1. The number of rotatable bonds is 11. The third-order valence-electron chi connectivity index (χ3n) is 5.27. The quantitative estimate of drug-likeness (QED) is 0.374. The van der Waals surface area contributed by atoms with Gasteiger partial charge >= 0.3 is 0 Å². The number of sulfonamides is 1. The summed E-state index contributed by atoms with van der Waals surface area (Å²) in [7, 11) is -4.61. The standard InChI is InChI=1S/C25H26N2O7S2/c1-32-17-34-23-15-20(21-6-4-5-7-24(21)35(3,28)29)10-9-19(23)12-13-27-36(30,31)25-14-18(16-26)8-11-22(25)33-2/h4-11,14-15,27H,12-13,17H2,1-3H3.